The second-order valence-electron chi connectivity index (χ2n) is 3.98. The largest absolute Gasteiger partial charge is 0.395 e. The third kappa shape index (κ3) is 5.58. The van der Waals surface area contributed by atoms with Crippen molar-refractivity contribution in [2.24, 2.45) is 0 Å². The van der Waals surface area contributed by atoms with Crippen molar-refractivity contribution in [1.82, 2.24) is 10.2 Å². The zero-order valence-electron chi connectivity index (χ0n) is 10.1. The molecule has 0 rings (SSSR count). The van der Waals surface area contributed by atoms with Crippen LogP contribution in [0.5, 0.6) is 0 Å². The Balaban J connectivity index is 3.77. The predicted octanol–water partition coefficient (Wildman–Crippen LogP) is 1.08. The van der Waals surface area contributed by atoms with E-state index < -0.39 is 0 Å². The third-order valence-electron chi connectivity index (χ3n) is 2.56. The van der Waals surface area contributed by atoms with Crippen molar-refractivity contribution in [3.63, 3.8) is 0 Å². The maximum atomic E-state index is 9.17. The SMILES string of the molecule is CCC(CO)N(CC)CCNC(C)C. The molecular weight excluding hydrogens is 176 g/mol. The van der Waals surface area contributed by atoms with E-state index in [9.17, 15) is 5.11 Å². The first-order chi connectivity index (χ1) is 6.65. The van der Waals surface area contributed by atoms with Crippen LogP contribution in [0.4, 0.5) is 0 Å². The summed E-state index contributed by atoms with van der Waals surface area (Å²) in [4.78, 5) is 2.33. The zero-order valence-corrected chi connectivity index (χ0v) is 10.1. The van der Waals surface area contributed by atoms with Gasteiger partial charge in [-0.1, -0.05) is 27.7 Å². The molecule has 0 spiro atoms. The quantitative estimate of drug-likeness (QED) is 0.618. The Morgan fingerprint density at radius 2 is 1.93 bits per heavy atom. The Labute approximate surface area is 88.5 Å². The van der Waals surface area contributed by atoms with Crippen molar-refractivity contribution in [2.45, 2.75) is 46.2 Å². The Hall–Kier alpha value is -0.120. The highest BCUT2D eigenvalue weighted by Crippen LogP contribution is 2.02. The maximum Gasteiger partial charge on any atom is 0.0586 e. The second-order valence-corrected chi connectivity index (χ2v) is 3.98. The van der Waals surface area contributed by atoms with Gasteiger partial charge in [0.15, 0.2) is 0 Å². The predicted molar refractivity (Wildman–Crippen MR) is 61.6 cm³/mol. The van der Waals surface area contributed by atoms with Crippen LogP contribution in [0.2, 0.25) is 0 Å². The van der Waals surface area contributed by atoms with Crippen LogP contribution >= 0.6 is 0 Å². The van der Waals surface area contributed by atoms with E-state index in [-0.39, 0.29) is 6.61 Å². The average molecular weight is 202 g/mol. The molecule has 14 heavy (non-hydrogen) atoms. The lowest BCUT2D eigenvalue weighted by molar-refractivity contribution is 0.124. The molecule has 0 bridgehead atoms. The molecule has 1 unspecified atom stereocenters. The monoisotopic (exact) mass is 202 g/mol. The second kappa shape index (κ2) is 8.21. The minimum Gasteiger partial charge on any atom is -0.395 e. The smallest absolute Gasteiger partial charge is 0.0586 e. The number of nitrogens with one attached hydrogen (secondary N) is 1. The minimum absolute atomic E-state index is 0.270. The first-order valence-electron chi connectivity index (χ1n) is 5.73. The topological polar surface area (TPSA) is 35.5 Å². The van der Waals surface area contributed by atoms with Gasteiger partial charge in [0.05, 0.1) is 6.61 Å². The standard InChI is InChI=1S/C11H26N2O/c1-5-11(9-14)13(6-2)8-7-12-10(3)4/h10-12,14H,5-9H2,1-4H3. The summed E-state index contributed by atoms with van der Waals surface area (Å²) in [6.07, 6.45) is 1.02. The Kier molecular flexibility index (Phi) is 8.14. The van der Waals surface area contributed by atoms with E-state index in [2.05, 4.69) is 37.9 Å². The van der Waals surface area contributed by atoms with Crippen LogP contribution < -0.4 is 5.32 Å². The van der Waals surface area contributed by atoms with Gasteiger partial charge in [-0.15, -0.1) is 0 Å². The van der Waals surface area contributed by atoms with Crippen molar-refractivity contribution in [2.75, 3.05) is 26.2 Å². The fourth-order valence-corrected chi connectivity index (χ4v) is 1.60. The van der Waals surface area contributed by atoms with Crippen LogP contribution in [0, 0.1) is 0 Å². The average Bonchev–Trinajstić information content (AvgIpc) is 2.16. The molecule has 0 aliphatic rings. The van der Waals surface area contributed by atoms with Crippen molar-refractivity contribution in [3.05, 3.63) is 0 Å². The summed E-state index contributed by atoms with van der Waals surface area (Å²) in [5.74, 6) is 0. The molecule has 3 nitrogen and oxygen atoms in total. The molecular formula is C11H26N2O. The van der Waals surface area contributed by atoms with Crippen molar-refractivity contribution >= 4 is 0 Å². The molecule has 0 aromatic carbocycles. The van der Waals surface area contributed by atoms with E-state index in [1.165, 1.54) is 0 Å². The lowest BCUT2D eigenvalue weighted by Gasteiger charge is -2.28. The number of hydrogen-bond acceptors (Lipinski definition) is 3. The van der Waals surface area contributed by atoms with Crippen LogP contribution in [-0.4, -0.2) is 48.3 Å². The van der Waals surface area contributed by atoms with Gasteiger partial charge < -0.3 is 10.4 Å². The number of aliphatic hydroxyl groups excluding tert-OH is 1. The first kappa shape index (κ1) is 13.9. The molecule has 2 N–H and O–H groups in total. The van der Waals surface area contributed by atoms with Crippen LogP contribution in [0.25, 0.3) is 0 Å². The van der Waals surface area contributed by atoms with Gasteiger partial charge >= 0.3 is 0 Å². The zero-order chi connectivity index (χ0) is 11.0. The molecule has 0 heterocycles. The molecule has 0 fully saturated rings. The summed E-state index contributed by atoms with van der Waals surface area (Å²) in [6, 6.07) is 0.872. The summed E-state index contributed by atoms with van der Waals surface area (Å²) in [5.41, 5.74) is 0. The van der Waals surface area contributed by atoms with E-state index in [1.807, 2.05) is 0 Å². The van der Waals surface area contributed by atoms with E-state index in [0.29, 0.717) is 12.1 Å². The molecule has 0 saturated heterocycles. The van der Waals surface area contributed by atoms with Gasteiger partial charge in [-0.25, -0.2) is 0 Å². The Bertz CT molecular complexity index is 124. The van der Waals surface area contributed by atoms with E-state index in [0.717, 1.165) is 26.1 Å². The molecule has 0 aliphatic carbocycles. The molecule has 0 amide bonds. The number of nitrogens with zero attached hydrogens (tertiary/aromatic N) is 1. The van der Waals surface area contributed by atoms with Gasteiger partial charge in [-0.2, -0.15) is 0 Å². The lowest BCUT2D eigenvalue weighted by atomic mass is 10.2. The molecule has 0 aliphatic heterocycles. The highest BCUT2D eigenvalue weighted by molar-refractivity contribution is 4.69. The van der Waals surface area contributed by atoms with Crippen LogP contribution in [0.3, 0.4) is 0 Å². The highest BCUT2D eigenvalue weighted by atomic mass is 16.3. The molecule has 0 saturated carbocycles. The fraction of sp³-hybridized carbons (Fsp3) is 1.00. The van der Waals surface area contributed by atoms with Crippen molar-refractivity contribution in [3.8, 4) is 0 Å². The minimum atomic E-state index is 0.270. The number of aliphatic hydroxyl groups is 1. The van der Waals surface area contributed by atoms with Gasteiger partial charge in [0.1, 0.15) is 0 Å². The number of rotatable bonds is 8. The summed E-state index contributed by atoms with van der Waals surface area (Å²) >= 11 is 0. The third-order valence-corrected chi connectivity index (χ3v) is 2.56. The highest BCUT2D eigenvalue weighted by Gasteiger charge is 2.13. The van der Waals surface area contributed by atoms with E-state index >= 15 is 0 Å². The van der Waals surface area contributed by atoms with E-state index in [4.69, 9.17) is 0 Å². The molecule has 3 heteroatoms. The summed E-state index contributed by atoms with van der Waals surface area (Å²) in [7, 11) is 0. The van der Waals surface area contributed by atoms with Gasteiger partial charge in [0, 0.05) is 25.2 Å². The summed E-state index contributed by atoms with van der Waals surface area (Å²) in [5, 5.41) is 12.6. The first-order valence-corrected chi connectivity index (χ1v) is 5.73. The Morgan fingerprint density at radius 3 is 2.29 bits per heavy atom. The van der Waals surface area contributed by atoms with Crippen LogP contribution in [-0.2, 0) is 0 Å². The number of likely N-dealkylation sites (N-methyl/N-ethyl adjacent to an activating group) is 1. The van der Waals surface area contributed by atoms with Gasteiger partial charge in [0.25, 0.3) is 0 Å². The lowest BCUT2D eigenvalue weighted by Crippen LogP contribution is -2.42. The van der Waals surface area contributed by atoms with Gasteiger partial charge in [-0.3, -0.25) is 4.90 Å². The van der Waals surface area contributed by atoms with Crippen molar-refractivity contribution in [1.29, 1.82) is 0 Å². The van der Waals surface area contributed by atoms with E-state index in [1.54, 1.807) is 0 Å². The van der Waals surface area contributed by atoms with Crippen LogP contribution in [0.1, 0.15) is 34.1 Å². The van der Waals surface area contributed by atoms with Crippen LogP contribution in [0.15, 0.2) is 0 Å². The van der Waals surface area contributed by atoms with Crippen molar-refractivity contribution < 1.29 is 5.11 Å². The molecule has 1 atom stereocenters. The number of hydrogen-bond donors (Lipinski definition) is 2. The summed E-state index contributed by atoms with van der Waals surface area (Å²) < 4.78 is 0. The normalized spacial score (nSPS) is 13.9. The van der Waals surface area contributed by atoms with Gasteiger partial charge in [-0.05, 0) is 13.0 Å². The molecule has 0 aromatic heterocycles. The Morgan fingerprint density at radius 1 is 1.29 bits per heavy atom. The maximum absolute atomic E-state index is 9.17. The fourth-order valence-electron chi connectivity index (χ4n) is 1.60. The molecule has 86 valence electrons. The van der Waals surface area contributed by atoms with Gasteiger partial charge in [0.2, 0.25) is 0 Å². The molecule has 0 radical (unpaired) electrons. The molecule has 0 aromatic rings. The summed E-state index contributed by atoms with van der Waals surface area (Å²) in [6.45, 7) is 11.9.